The van der Waals surface area contributed by atoms with Crippen LogP contribution < -0.4 is 15.4 Å². The molecule has 0 radical (unpaired) electrons. The summed E-state index contributed by atoms with van der Waals surface area (Å²) in [5, 5.41) is 16.8. The Morgan fingerprint density at radius 3 is 2.68 bits per heavy atom. The minimum absolute atomic E-state index is 0.177. The molecule has 1 saturated heterocycles. The number of hydrogen-bond acceptors (Lipinski definition) is 5. The first-order valence-corrected chi connectivity index (χ1v) is 9.77. The zero-order chi connectivity index (χ0) is 19.6. The lowest BCUT2D eigenvalue weighted by Crippen LogP contribution is -2.50. The Kier molecular flexibility index (Phi) is 5.35. The van der Waals surface area contributed by atoms with Crippen LogP contribution in [0.4, 0.5) is 5.69 Å². The van der Waals surface area contributed by atoms with E-state index >= 15 is 0 Å². The average Bonchev–Trinajstić information content (AvgIpc) is 2.89. The summed E-state index contributed by atoms with van der Waals surface area (Å²) in [6.07, 6.45) is 0.866. The minimum atomic E-state index is -1.66. The van der Waals surface area contributed by atoms with Crippen LogP contribution in [0, 0.1) is 0 Å². The number of halogens is 1. The number of piperazine rings is 1. The smallest absolute Gasteiger partial charge is 0.331 e. The molecule has 2 atom stereocenters. The van der Waals surface area contributed by atoms with Crippen molar-refractivity contribution in [3.05, 3.63) is 54.1 Å². The van der Waals surface area contributed by atoms with Crippen LogP contribution in [0.2, 0.25) is 0 Å². The van der Waals surface area contributed by atoms with Gasteiger partial charge in [0, 0.05) is 31.2 Å². The molecule has 7 heteroatoms. The summed E-state index contributed by atoms with van der Waals surface area (Å²) in [7, 11) is 0. The number of fused-ring (bicyclic) bond motifs is 2. The molecule has 2 aromatic rings. The van der Waals surface area contributed by atoms with Gasteiger partial charge in [-0.2, -0.15) is 0 Å². The first-order valence-electron chi connectivity index (χ1n) is 9.40. The molecule has 1 fully saturated rings. The number of carbonyl (C=O) groups is 1. The van der Waals surface area contributed by atoms with Crippen molar-refractivity contribution in [2.45, 2.75) is 23.8 Å². The van der Waals surface area contributed by atoms with Gasteiger partial charge < -0.3 is 20.5 Å². The number of aliphatic imine (C=N–C) groups is 1. The van der Waals surface area contributed by atoms with Gasteiger partial charge in [0.15, 0.2) is 10.6 Å². The van der Waals surface area contributed by atoms with Crippen LogP contribution in [0.1, 0.15) is 18.4 Å². The molecule has 2 aliphatic rings. The molecule has 0 aliphatic carbocycles. The van der Waals surface area contributed by atoms with E-state index in [1.165, 1.54) is 0 Å². The highest BCUT2D eigenvalue weighted by Gasteiger charge is 2.44. The molecule has 2 unspecified atom stereocenters. The number of ether oxygens (including phenoxy) is 1. The van der Waals surface area contributed by atoms with Crippen molar-refractivity contribution >= 4 is 29.0 Å². The van der Waals surface area contributed by atoms with Crippen LogP contribution in [-0.2, 0) is 4.79 Å². The molecule has 146 valence electrons. The number of para-hydroxylation sites is 3. The molecule has 2 heterocycles. The third kappa shape index (κ3) is 3.63. The van der Waals surface area contributed by atoms with Gasteiger partial charge in [0.25, 0.3) is 0 Å². The van der Waals surface area contributed by atoms with Crippen LogP contribution in [0.5, 0.6) is 11.5 Å². The lowest BCUT2D eigenvalue weighted by molar-refractivity contribution is -0.138. The molecule has 2 aliphatic heterocycles. The molecule has 0 saturated carbocycles. The Hall–Kier alpha value is -2.41. The fraction of sp³-hybridized carbons (Fsp3) is 0.333. The van der Waals surface area contributed by atoms with E-state index in [-0.39, 0.29) is 12.5 Å². The molecular weight excluding hydrogens is 378 g/mol. The first kappa shape index (κ1) is 18.9. The van der Waals surface area contributed by atoms with Crippen molar-refractivity contribution < 1.29 is 14.6 Å². The second-order valence-corrected chi connectivity index (χ2v) is 7.67. The standard InChI is InChI=1S/C21H22ClN3O3/c22-21(20(26)27,10-9-14-13-23-11-12-24-14)19-15-5-1-3-7-17(15)28-18-8-4-2-6-16(18)25-19/h1-8,14,23-24H,9-13H2,(H,26,27). The average molecular weight is 400 g/mol. The van der Waals surface area contributed by atoms with Crippen LogP contribution in [0.25, 0.3) is 0 Å². The Bertz CT molecular complexity index is 911. The van der Waals surface area contributed by atoms with E-state index < -0.39 is 10.8 Å². The van der Waals surface area contributed by atoms with Crippen molar-refractivity contribution in [2.75, 3.05) is 19.6 Å². The quantitative estimate of drug-likeness (QED) is 0.672. The van der Waals surface area contributed by atoms with E-state index in [1.54, 1.807) is 18.2 Å². The molecule has 3 N–H and O–H groups in total. The first-order chi connectivity index (χ1) is 13.6. The van der Waals surface area contributed by atoms with E-state index in [0.717, 1.165) is 19.6 Å². The van der Waals surface area contributed by atoms with E-state index in [4.69, 9.17) is 16.3 Å². The number of nitrogens with one attached hydrogen (secondary N) is 2. The van der Waals surface area contributed by atoms with Gasteiger partial charge in [0.1, 0.15) is 11.4 Å². The lowest BCUT2D eigenvalue weighted by Gasteiger charge is -2.29. The predicted octanol–water partition coefficient (Wildman–Crippen LogP) is 3.32. The summed E-state index contributed by atoms with van der Waals surface area (Å²) < 4.78 is 6.01. The molecular formula is C21H22ClN3O3. The zero-order valence-electron chi connectivity index (χ0n) is 15.3. The second kappa shape index (κ2) is 7.91. The van der Waals surface area contributed by atoms with Crippen LogP contribution in [-0.4, -0.2) is 47.3 Å². The van der Waals surface area contributed by atoms with Crippen LogP contribution in [0.3, 0.4) is 0 Å². The van der Waals surface area contributed by atoms with Crippen molar-refractivity contribution in [3.8, 4) is 11.5 Å². The highest BCUT2D eigenvalue weighted by molar-refractivity contribution is 6.49. The highest BCUT2D eigenvalue weighted by Crippen LogP contribution is 2.41. The van der Waals surface area contributed by atoms with Crippen molar-refractivity contribution in [2.24, 2.45) is 4.99 Å². The largest absolute Gasteiger partial charge is 0.480 e. The maximum absolute atomic E-state index is 12.3. The Labute approximate surface area is 168 Å². The number of aliphatic carboxylic acids is 1. The summed E-state index contributed by atoms with van der Waals surface area (Å²) in [6, 6.07) is 14.8. The Morgan fingerprint density at radius 1 is 1.18 bits per heavy atom. The Morgan fingerprint density at radius 2 is 1.93 bits per heavy atom. The third-order valence-electron chi connectivity index (χ3n) is 5.14. The number of nitrogens with zero attached hydrogens (tertiary/aromatic N) is 1. The number of carboxylic acid groups (broad SMARTS) is 1. The van der Waals surface area contributed by atoms with Crippen LogP contribution >= 0.6 is 11.6 Å². The third-order valence-corrected chi connectivity index (χ3v) is 5.67. The maximum Gasteiger partial charge on any atom is 0.331 e. The van der Waals surface area contributed by atoms with E-state index in [1.807, 2.05) is 30.3 Å². The molecule has 0 amide bonds. The van der Waals surface area contributed by atoms with Gasteiger partial charge in [-0.3, -0.25) is 0 Å². The van der Waals surface area contributed by atoms with Gasteiger partial charge in [-0.1, -0.05) is 35.9 Å². The zero-order valence-corrected chi connectivity index (χ0v) is 16.1. The highest BCUT2D eigenvalue weighted by atomic mass is 35.5. The van der Waals surface area contributed by atoms with Crippen molar-refractivity contribution in [1.29, 1.82) is 0 Å². The molecule has 0 bridgehead atoms. The van der Waals surface area contributed by atoms with Crippen molar-refractivity contribution in [1.82, 2.24) is 10.6 Å². The molecule has 0 spiro atoms. The summed E-state index contributed by atoms with van der Waals surface area (Å²) in [5.74, 6) is 0.0216. The van der Waals surface area contributed by atoms with E-state index in [9.17, 15) is 9.90 Å². The van der Waals surface area contributed by atoms with Gasteiger partial charge in [0.05, 0.1) is 5.71 Å². The van der Waals surface area contributed by atoms with Gasteiger partial charge in [-0.15, -0.1) is 0 Å². The molecule has 6 nitrogen and oxygen atoms in total. The van der Waals surface area contributed by atoms with E-state index in [0.29, 0.717) is 34.9 Å². The summed E-state index contributed by atoms with van der Waals surface area (Å²) in [4.78, 5) is 15.4. The summed E-state index contributed by atoms with van der Waals surface area (Å²) in [5.41, 5.74) is 1.48. The number of carboxylic acids is 1. The van der Waals surface area contributed by atoms with Gasteiger partial charge in [-0.25, -0.2) is 9.79 Å². The minimum Gasteiger partial charge on any atom is -0.480 e. The number of benzene rings is 2. The topological polar surface area (TPSA) is 83.0 Å². The number of alkyl halides is 1. The summed E-state index contributed by atoms with van der Waals surface area (Å²) in [6.45, 7) is 2.56. The van der Waals surface area contributed by atoms with Crippen molar-refractivity contribution in [3.63, 3.8) is 0 Å². The number of rotatable bonds is 5. The Balaban J connectivity index is 1.75. The molecule has 2 aromatic carbocycles. The molecule has 28 heavy (non-hydrogen) atoms. The SMILES string of the molecule is O=C(O)C(Cl)(CCC1CNCCN1)C1=Nc2ccccc2Oc2ccccc21. The van der Waals surface area contributed by atoms with Crippen LogP contribution in [0.15, 0.2) is 53.5 Å². The fourth-order valence-corrected chi connectivity index (χ4v) is 3.86. The van der Waals surface area contributed by atoms with Gasteiger partial charge in [-0.05, 0) is 37.1 Å². The number of hydrogen-bond donors (Lipinski definition) is 3. The lowest BCUT2D eigenvalue weighted by atomic mass is 9.89. The van der Waals surface area contributed by atoms with Gasteiger partial charge in [0.2, 0.25) is 0 Å². The van der Waals surface area contributed by atoms with E-state index in [2.05, 4.69) is 15.6 Å². The maximum atomic E-state index is 12.3. The second-order valence-electron chi connectivity index (χ2n) is 7.03. The monoisotopic (exact) mass is 399 g/mol. The summed E-state index contributed by atoms with van der Waals surface area (Å²) >= 11 is 6.80. The van der Waals surface area contributed by atoms with Gasteiger partial charge >= 0.3 is 5.97 Å². The normalized spacial score (nSPS) is 20.6. The fourth-order valence-electron chi connectivity index (χ4n) is 3.61. The molecule has 0 aromatic heterocycles. The predicted molar refractivity (Wildman–Crippen MR) is 109 cm³/mol. The molecule has 4 rings (SSSR count).